The van der Waals surface area contributed by atoms with Gasteiger partial charge in [-0.3, -0.25) is 0 Å². The van der Waals surface area contributed by atoms with Crippen LogP contribution in [0.5, 0.6) is 5.75 Å². The Labute approximate surface area is 97.5 Å². The summed E-state index contributed by atoms with van der Waals surface area (Å²) in [5, 5.41) is 0.783. The standard InChI is InChI=1S/C11H13BrO3/c1-8-7-9(11(13)14-2)3-4-10(8)15-6-5-12/h3-4,7H,5-6H2,1-2H3. The van der Waals surface area contributed by atoms with E-state index < -0.39 is 0 Å². The fourth-order valence-electron chi connectivity index (χ4n) is 1.20. The molecule has 0 bridgehead atoms. The van der Waals surface area contributed by atoms with E-state index in [9.17, 15) is 4.79 Å². The third-order valence-corrected chi connectivity index (χ3v) is 2.25. The summed E-state index contributed by atoms with van der Waals surface area (Å²) >= 11 is 3.28. The lowest BCUT2D eigenvalue weighted by atomic mass is 10.1. The van der Waals surface area contributed by atoms with E-state index in [0.717, 1.165) is 16.6 Å². The van der Waals surface area contributed by atoms with Gasteiger partial charge in [0.15, 0.2) is 0 Å². The highest BCUT2D eigenvalue weighted by Crippen LogP contribution is 2.19. The van der Waals surface area contributed by atoms with Gasteiger partial charge < -0.3 is 9.47 Å². The molecule has 0 aliphatic heterocycles. The molecule has 0 aliphatic rings. The van der Waals surface area contributed by atoms with E-state index in [4.69, 9.17) is 4.74 Å². The number of hydrogen-bond donors (Lipinski definition) is 0. The fourth-order valence-corrected chi connectivity index (χ4v) is 1.37. The van der Waals surface area contributed by atoms with Gasteiger partial charge in [0.05, 0.1) is 19.3 Å². The Morgan fingerprint density at radius 2 is 2.20 bits per heavy atom. The zero-order valence-electron chi connectivity index (χ0n) is 8.75. The minimum Gasteiger partial charge on any atom is -0.492 e. The number of aryl methyl sites for hydroxylation is 1. The van der Waals surface area contributed by atoms with Crippen LogP contribution in [0.2, 0.25) is 0 Å². The monoisotopic (exact) mass is 272 g/mol. The molecule has 0 aliphatic carbocycles. The molecule has 0 N–H and O–H groups in total. The summed E-state index contributed by atoms with van der Waals surface area (Å²) in [5.74, 6) is 0.465. The highest BCUT2D eigenvalue weighted by molar-refractivity contribution is 9.09. The van der Waals surface area contributed by atoms with Crippen molar-refractivity contribution in [3.8, 4) is 5.75 Å². The number of carbonyl (C=O) groups excluding carboxylic acids is 1. The van der Waals surface area contributed by atoms with E-state index in [1.54, 1.807) is 18.2 Å². The second kappa shape index (κ2) is 5.75. The van der Waals surface area contributed by atoms with E-state index in [1.165, 1.54) is 7.11 Å². The predicted molar refractivity (Wildman–Crippen MR) is 61.8 cm³/mol. The molecule has 0 spiro atoms. The van der Waals surface area contributed by atoms with Gasteiger partial charge in [-0.25, -0.2) is 4.79 Å². The molecule has 4 heteroatoms. The fraction of sp³-hybridized carbons (Fsp3) is 0.364. The zero-order chi connectivity index (χ0) is 11.3. The highest BCUT2D eigenvalue weighted by Gasteiger charge is 2.07. The number of rotatable bonds is 4. The van der Waals surface area contributed by atoms with Crippen LogP contribution < -0.4 is 4.74 Å². The first-order valence-electron chi connectivity index (χ1n) is 4.56. The maximum Gasteiger partial charge on any atom is 0.337 e. The van der Waals surface area contributed by atoms with Crippen molar-refractivity contribution in [3.05, 3.63) is 29.3 Å². The van der Waals surface area contributed by atoms with Gasteiger partial charge in [0.2, 0.25) is 0 Å². The molecule has 0 fully saturated rings. The topological polar surface area (TPSA) is 35.5 Å². The predicted octanol–water partition coefficient (Wildman–Crippen LogP) is 2.56. The van der Waals surface area contributed by atoms with Gasteiger partial charge >= 0.3 is 5.97 Å². The van der Waals surface area contributed by atoms with Gasteiger partial charge in [-0.1, -0.05) is 15.9 Å². The van der Waals surface area contributed by atoms with Crippen LogP contribution in [0.15, 0.2) is 18.2 Å². The van der Waals surface area contributed by atoms with Gasteiger partial charge in [0.1, 0.15) is 5.75 Å². The highest BCUT2D eigenvalue weighted by atomic mass is 79.9. The summed E-state index contributed by atoms with van der Waals surface area (Å²) < 4.78 is 10.1. The summed E-state index contributed by atoms with van der Waals surface area (Å²) in [6, 6.07) is 5.24. The third-order valence-electron chi connectivity index (χ3n) is 1.93. The summed E-state index contributed by atoms with van der Waals surface area (Å²) in [6.07, 6.45) is 0. The summed E-state index contributed by atoms with van der Waals surface area (Å²) in [6.45, 7) is 2.51. The minimum absolute atomic E-state index is 0.329. The van der Waals surface area contributed by atoms with Crippen molar-refractivity contribution in [3.63, 3.8) is 0 Å². The Balaban J connectivity index is 2.83. The van der Waals surface area contributed by atoms with Crippen molar-refractivity contribution < 1.29 is 14.3 Å². The first kappa shape index (κ1) is 12.0. The van der Waals surface area contributed by atoms with Crippen LogP contribution in [0, 0.1) is 6.92 Å². The number of alkyl halides is 1. The molecule has 1 aromatic carbocycles. The van der Waals surface area contributed by atoms with Gasteiger partial charge in [-0.15, -0.1) is 0 Å². The normalized spacial score (nSPS) is 9.80. The lowest BCUT2D eigenvalue weighted by Gasteiger charge is -2.08. The molecule has 15 heavy (non-hydrogen) atoms. The van der Waals surface area contributed by atoms with Crippen molar-refractivity contribution in [1.29, 1.82) is 0 Å². The van der Waals surface area contributed by atoms with Crippen molar-refractivity contribution in [2.75, 3.05) is 19.0 Å². The minimum atomic E-state index is -0.329. The van der Waals surface area contributed by atoms with Gasteiger partial charge in [-0.05, 0) is 30.7 Å². The van der Waals surface area contributed by atoms with Crippen LogP contribution in [0.3, 0.4) is 0 Å². The van der Waals surface area contributed by atoms with Crippen LogP contribution in [-0.2, 0) is 4.74 Å². The average Bonchev–Trinajstić information content (AvgIpc) is 2.26. The first-order chi connectivity index (χ1) is 7.19. The van der Waals surface area contributed by atoms with E-state index in [0.29, 0.717) is 12.2 Å². The van der Waals surface area contributed by atoms with Crippen LogP contribution in [0.4, 0.5) is 0 Å². The Hall–Kier alpha value is -1.03. The molecule has 0 amide bonds. The molecule has 3 nitrogen and oxygen atoms in total. The van der Waals surface area contributed by atoms with Gasteiger partial charge in [0, 0.05) is 5.33 Å². The number of esters is 1. The number of methoxy groups -OCH3 is 1. The van der Waals surface area contributed by atoms with Crippen molar-refractivity contribution >= 4 is 21.9 Å². The van der Waals surface area contributed by atoms with E-state index >= 15 is 0 Å². The molecule has 0 heterocycles. The van der Waals surface area contributed by atoms with E-state index in [-0.39, 0.29) is 5.97 Å². The number of halogens is 1. The van der Waals surface area contributed by atoms with Crippen molar-refractivity contribution in [2.45, 2.75) is 6.92 Å². The van der Waals surface area contributed by atoms with Gasteiger partial charge in [0.25, 0.3) is 0 Å². The molecule has 0 unspecified atom stereocenters. The van der Waals surface area contributed by atoms with Crippen LogP contribution in [-0.4, -0.2) is 25.0 Å². The average molecular weight is 273 g/mol. The summed E-state index contributed by atoms with van der Waals surface area (Å²) in [7, 11) is 1.37. The summed E-state index contributed by atoms with van der Waals surface area (Å²) in [4.78, 5) is 11.2. The molecule has 0 saturated heterocycles. The lowest BCUT2D eigenvalue weighted by Crippen LogP contribution is -2.03. The second-order valence-corrected chi connectivity index (χ2v) is 3.80. The third kappa shape index (κ3) is 3.23. The molecule has 0 saturated carbocycles. The Morgan fingerprint density at radius 1 is 1.47 bits per heavy atom. The lowest BCUT2D eigenvalue weighted by molar-refractivity contribution is 0.0600. The quantitative estimate of drug-likeness (QED) is 0.624. The number of hydrogen-bond acceptors (Lipinski definition) is 3. The zero-order valence-corrected chi connectivity index (χ0v) is 10.3. The van der Waals surface area contributed by atoms with E-state index in [1.807, 2.05) is 6.92 Å². The van der Waals surface area contributed by atoms with Crippen LogP contribution in [0.25, 0.3) is 0 Å². The largest absolute Gasteiger partial charge is 0.492 e. The molecular weight excluding hydrogens is 260 g/mol. The number of carbonyl (C=O) groups is 1. The first-order valence-corrected chi connectivity index (χ1v) is 5.69. The van der Waals surface area contributed by atoms with Gasteiger partial charge in [-0.2, -0.15) is 0 Å². The summed E-state index contributed by atoms with van der Waals surface area (Å²) in [5.41, 5.74) is 1.47. The van der Waals surface area contributed by atoms with Crippen molar-refractivity contribution in [1.82, 2.24) is 0 Å². The Kier molecular flexibility index (Phi) is 4.62. The Morgan fingerprint density at radius 3 is 2.73 bits per heavy atom. The Bertz CT molecular complexity index is 350. The maximum absolute atomic E-state index is 11.2. The smallest absolute Gasteiger partial charge is 0.337 e. The number of ether oxygens (including phenoxy) is 2. The van der Waals surface area contributed by atoms with Crippen LogP contribution in [0.1, 0.15) is 15.9 Å². The molecule has 1 aromatic rings. The van der Waals surface area contributed by atoms with Crippen molar-refractivity contribution in [2.24, 2.45) is 0 Å². The molecular formula is C11H13BrO3. The molecule has 1 rings (SSSR count). The molecule has 0 radical (unpaired) electrons. The SMILES string of the molecule is COC(=O)c1ccc(OCCBr)c(C)c1. The molecule has 0 atom stereocenters. The number of benzene rings is 1. The van der Waals surface area contributed by atoms with E-state index in [2.05, 4.69) is 20.7 Å². The maximum atomic E-state index is 11.2. The van der Waals surface area contributed by atoms with Crippen LogP contribution >= 0.6 is 15.9 Å². The molecule has 82 valence electrons. The molecule has 0 aromatic heterocycles. The second-order valence-electron chi connectivity index (χ2n) is 3.01.